The van der Waals surface area contributed by atoms with Gasteiger partial charge in [0, 0.05) is 32.6 Å². The summed E-state index contributed by atoms with van der Waals surface area (Å²) in [6, 6.07) is 0. The number of alkyl halides is 1. The topological polar surface area (TPSA) is 21.7 Å². The van der Waals surface area contributed by atoms with Gasteiger partial charge in [-0.3, -0.25) is 4.90 Å². The van der Waals surface area contributed by atoms with E-state index in [1.54, 1.807) is 14.2 Å². The summed E-state index contributed by atoms with van der Waals surface area (Å²) in [7, 11) is 3.47. The van der Waals surface area contributed by atoms with E-state index in [2.05, 4.69) is 20.8 Å². The second-order valence-electron chi connectivity index (χ2n) is 2.87. The van der Waals surface area contributed by atoms with Crippen LogP contribution in [0.2, 0.25) is 0 Å². The van der Waals surface area contributed by atoms with Crippen LogP contribution >= 0.6 is 15.9 Å². The molecule has 0 amide bonds. The van der Waals surface area contributed by atoms with Crippen LogP contribution < -0.4 is 0 Å². The van der Waals surface area contributed by atoms with Gasteiger partial charge in [0.05, 0.1) is 13.2 Å². The van der Waals surface area contributed by atoms with Crippen molar-refractivity contribution in [2.45, 2.75) is 6.42 Å². The third kappa shape index (κ3) is 8.68. The summed E-state index contributed by atoms with van der Waals surface area (Å²) in [5.74, 6) is 0. The van der Waals surface area contributed by atoms with Gasteiger partial charge in [-0.25, -0.2) is 0 Å². The normalized spacial score (nSPS) is 11.1. The van der Waals surface area contributed by atoms with Crippen LogP contribution in [0, 0.1) is 0 Å². The number of rotatable bonds is 9. The van der Waals surface area contributed by atoms with Crippen molar-refractivity contribution in [3.05, 3.63) is 0 Å². The molecule has 0 aliphatic heterocycles. The zero-order valence-corrected chi connectivity index (χ0v) is 10.2. The first kappa shape index (κ1) is 13.4. The Morgan fingerprint density at radius 2 is 1.54 bits per heavy atom. The largest absolute Gasteiger partial charge is 0.383 e. The van der Waals surface area contributed by atoms with Gasteiger partial charge in [0.2, 0.25) is 0 Å². The van der Waals surface area contributed by atoms with Crippen molar-refractivity contribution in [3.8, 4) is 0 Å². The molecule has 0 spiro atoms. The highest BCUT2D eigenvalue weighted by Crippen LogP contribution is 1.94. The Morgan fingerprint density at radius 1 is 1.00 bits per heavy atom. The molecule has 0 radical (unpaired) electrons. The van der Waals surface area contributed by atoms with Crippen molar-refractivity contribution >= 4 is 15.9 Å². The Labute approximate surface area is 89.5 Å². The fraction of sp³-hybridized carbons (Fsp3) is 1.00. The second-order valence-corrected chi connectivity index (χ2v) is 3.66. The third-order valence-electron chi connectivity index (χ3n) is 1.83. The van der Waals surface area contributed by atoms with Gasteiger partial charge in [0.25, 0.3) is 0 Å². The molecule has 80 valence electrons. The number of nitrogens with zero attached hydrogens (tertiary/aromatic N) is 1. The maximum Gasteiger partial charge on any atom is 0.0589 e. The Morgan fingerprint density at radius 3 is 1.92 bits per heavy atom. The van der Waals surface area contributed by atoms with Gasteiger partial charge in [-0.15, -0.1) is 0 Å². The molecule has 0 saturated heterocycles. The van der Waals surface area contributed by atoms with E-state index in [-0.39, 0.29) is 0 Å². The van der Waals surface area contributed by atoms with E-state index in [4.69, 9.17) is 9.47 Å². The summed E-state index contributed by atoms with van der Waals surface area (Å²) in [4.78, 5) is 2.36. The summed E-state index contributed by atoms with van der Waals surface area (Å²) in [6.07, 6.45) is 1.17. The molecular formula is C9H20BrNO2. The highest BCUT2D eigenvalue weighted by molar-refractivity contribution is 9.09. The monoisotopic (exact) mass is 253 g/mol. The molecule has 0 saturated carbocycles. The SMILES string of the molecule is COCCN(CCCBr)CCOC. The number of ether oxygens (including phenoxy) is 2. The molecule has 0 fully saturated rings. The van der Waals surface area contributed by atoms with Gasteiger partial charge in [-0.2, -0.15) is 0 Å². The van der Waals surface area contributed by atoms with Crippen molar-refractivity contribution < 1.29 is 9.47 Å². The highest BCUT2D eigenvalue weighted by Gasteiger charge is 2.02. The lowest BCUT2D eigenvalue weighted by atomic mass is 10.4. The summed E-state index contributed by atoms with van der Waals surface area (Å²) >= 11 is 3.43. The average molecular weight is 254 g/mol. The van der Waals surface area contributed by atoms with E-state index in [1.165, 1.54) is 6.42 Å². The maximum absolute atomic E-state index is 5.04. The Hall–Kier alpha value is 0.360. The molecule has 3 nitrogen and oxygen atoms in total. The fourth-order valence-electron chi connectivity index (χ4n) is 1.06. The van der Waals surface area contributed by atoms with Crippen LogP contribution in [-0.4, -0.2) is 57.3 Å². The third-order valence-corrected chi connectivity index (χ3v) is 2.39. The molecule has 0 heterocycles. The van der Waals surface area contributed by atoms with Crippen LogP contribution in [0.25, 0.3) is 0 Å². The molecule has 4 heteroatoms. The lowest BCUT2D eigenvalue weighted by molar-refractivity contribution is 0.114. The van der Waals surface area contributed by atoms with Gasteiger partial charge < -0.3 is 9.47 Å². The lowest BCUT2D eigenvalue weighted by Crippen LogP contribution is -2.31. The molecule has 13 heavy (non-hydrogen) atoms. The van der Waals surface area contributed by atoms with Crippen molar-refractivity contribution in [1.29, 1.82) is 0 Å². The van der Waals surface area contributed by atoms with Gasteiger partial charge >= 0.3 is 0 Å². The van der Waals surface area contributed by atoms with Crippen LogP contribution in [0.15, 0.2) is 0 Å². The second kappa shape index (κ2) is 10.4. The number of hydrogen-bond acceptors (Lipinski definition) is 3. The van der Waals surface area contributed by atoms with Gasteiger partial charge in [-0.05, 0) is 13.0 Å². The molecule has 0 rings (SSSR count). The van der Waals surface area contributed by atoms with Gasteiger partial charge in [0.1, 0.15) is 0 Å². The van der Waals surface area contributed by atoms with Gasteiger partial charge in [-0.1, -0.05) is 15.9 Å². The van der Waals surface area contributed by atoms with E-state index in [9.17, 15) is 0 Å². The van der Waals surface area contributed by atoms with Crippen molar-refractivity contribution in [1.82, 2.24) is 4.90 Å². The number of hydrogen-bond donors (Lipinski definition) is 0. The Balaban J connectivity index is 3.47. The van der Waals surface area contributed by atoms with E-state index in [0.717, 1.165) is 38.2 Å². The minimum absolute atomic E-state index is 0.798. The van der Waals surface area contributed by atoms with E-state index in [1.807, 2.05) is 0 Å². The van der Waals surface area contributed by atoms with Crippen LogP contribution in [0.3, 0.4) is 0 Å². The van der Waals surface area contributed by atoms with E-state index < -0.39 is 0 Å². The molecule has 0 unspecified atom stereocenters. The Kier molecular flexibility index (Phi) is 10.7. The minimum Gasteiger partial charge on any atom is -0.383 e. The molecule has 0 atom stereocenters. The quantitative estimate of drug-likeness (QED) is 0.580. The number of halogens is 1. The predicted molar refractivity (Wildman–Crippen MR) is 58.6 cm³/mol. The smallest absolute Gasteiger partial charge is 0.0589 e. The lowest BCUT2D eigenvalue weighted by Gasteiger charge is -2.20. The molecule has 0 aromatic carbocycles. The zero-order chi connectivity index (χ0) is 9.94. The van der Waals surface area contributed by atoms with Crippen molar-refractivity contribution in [3.63, 3.8) is 0 Å². The molecule has 0 aromatic rings. The van der Waals surface area contributed by atoms with Crippen molar-refractivity contribution in [2.24, 2.45) is 0 Å². The molecule has 0 aromatic heterocycles. The molecular weight excluding hydrogens is 234 g/mol. The van der Waals surface area contributed by atoms with Crippen LogP contribution in [0.4, 0.5) is 0 Å². The molecule has 0 bridgehead atoms. The summed E-state index contributed by atoms with van der Waals surface area (Å²) in [5.41, 5.74) is 0. The summed E-state index contributed by atoms with van der Waals surface area (Å²) in [5, 5.41) is 1.06. The first-order valence-electron chi connectivity index (χ1n) is 4.61. The first-order valence-corrected chi connectivity index (χ1v) is 5.73. The summed E-state index contributed by atoms with van der Waals surface area (Å²) < 4.78 is 10.1. The average Bonchev–Trinajstić information content (AvgIpc) is 2.17. The van der Waals surface area contributed by atoms with E-state index in [0.29, 0.717) is 0 Å². The highest BCUT2D eigenvalue weighted by atomic mass is 79.9. The van der Waals surface area contributed by atoms with Crippen LogP contribution in [0.5, 0.6) is 0 Å². The van der Waals surface area contributed by atoms with Gasteiger partial charge in [0.15, 0.2) is 0 Å². The number of methoxy groups -OCH3 is 2. The van der Waals surface area contributed by atoms with Crippen molar-refractivity contribution in [2.75, 3.05) is 52.4 Å². The first-order chi connectivity index (χ1) is 6.35. The van der Waals surface area contributed by atoms with Crippen LogP contribution in [-0.2, 0) is 9.47 Å². The van der Waals surface area contributed by atoms with E-state index >= 15 is 0 Å². The summed E-state index contributed by atoms with van der Waals surface area (Å²) in [6.45, 7) is 4.69. The molecule has 0 aliphatic carbocycles. The maximum atomic E-state index is 5.04. The Bertz CT molecular complexity index is 84.6. The molecule has 0 N–H and O–H groups in total. The fourth-order valence-corrected chi connectivity index (χ4v) is 1.31. The predicted octanol–water partition coefficient (Wildman–Crippen LogP) is 1.37. The molecule has 0 aliphatic rings. The van der Waals surface area contributed by atoms with Crippen LogP contribution in [0.1, 0.15) is 6.42 Å². The minimum atomic E-state index is 0.798. The standard InChI is InChI=1S/C9H20BrNO2/c1-12-8-6-11(5-3-4-10)7-9-13-2/h3-9H2,1-2H3. The zero-order valence-electron chi connectivity index (χ0n) is 8.59.